The lowest BCUT2D eigenvalue weighted by molar-refractivity contribution is 0.0694. The van der Waals surface area contributed by atoms with Gasteiger partial charge >= 0.3 is 5.97 Å². The minimum atomic E-state index is -1.51. The monoisotopic (exact) mass is 278 g/mol. The van der Waals surface area contributed by atoms with E-state index in [9.17, 15) is 29.6 Å². The van der Waals surface area contributed by atoms with Crippen molar-refractivity contribution in [2.24, 2.45) is 0 Å². The zero-order chi connectivity index (χ0) is 14.9. The van der Waals surface area contributed by atoms with E-state index in [0.717, 1.165) is 0 Å². The third kappa shape index (κ3) is 2.01. The van der Waals surface area contributed by atoms with Crippen LogP contribution in [-0.4, -0.2) is 26.4 Å². The average molecular weight is 278 g/mol. The fourth-order valence-corrected chi connectivity index (χ4v) is 2.01. The lowest BCUT2D eigenvalue weighted by atomic mass is 9.93. The maximum atomic E-state index is 13.0. The topological polar surface area (TPSA) is 98.0 Å². The van der Waals surface area contributed by atoms with Crippen molar-refractivity contribution in [3.63, 3.8) is 0 Å². The summed E-state index contributed by atoms with van der Waals surface area (Å²) in [5.74, 6) is -4.23. The molecular weight excluding hydrogens is 267 g/mol. The molecule has 6 heteroatoms. The molecule has 0 heterocycles. The van der Waals surface area contributed by atoms with Gasteiger partial charge in [0.1, 0.15) is 6.67 Å². The van der Waals surface area contributed by atoms with Crippen LogP contribution < -0.4 is 0 Å². The van der Waals surface area contributed by atoms with E-state index in [1.54, 1.807) is 18.2 Å². The Kier molecular flexibility index (Phi) is 3.47. The third-order valence-corrected chi connectivity index (χ3v) is 2.93. The molecule has 0 atom stereocenters. The van der Waals surface area contributed by atoms with Gasteiger partial charge in [0.05, 0.1) is 5.56 Å². The lowest BCUT2D eigenvalue weighted by Crippen LogP contribution is -2.05. The van der Waals surface area contributed by atoms with Gasteiger partial charge in [0.2, 0.25) is 5.75 Å². The van der Waals surface area contributed by atoms with Crippen molar-refractivity contribution in [2.45, 2.75) is 6.67 Å². The second kappa shape index (κ2) is 5.08. The van der Waals surface area contributed by atoms with Crippen LogP contribution >= 0.6 is 0 Å². The Morgan fingerprint density at radius 1 is 1.00 bits per heavy atom. The predicted octanol–water partition coefficient (Wildman–Crippen LogP) is 2.64. The lowest BCUT2D eigenvalue weighted by Gasteiger charge is -2.15. The van der Waals surface area contributed by atoms with Crippen LogP contribution in [0.15, 0.2) is 30.3 Å². The fourth-order valence-electron chi connectivity index (χ4n) is 2.01. The van der Waals surface area contributed by atoms with Crippen molar-refractivity contribution in [3.05, 3.63) is 41.5 Å². The van der Waals surface area contributed by atoms with E-state index in [1.807, 2.05) is 0 Å². The summed E-state index contributed by atoms with van der Waals surface area (Å²) in [6.45, 7) is -1.29. The van der Waals surface area contributed by atoms with Gasteiger partial charge in [-0.1, -0.05) is 30.3 Å². The normalized spacial score (nSPS) is 10.4. The minimum Gasteiger partial charge on any atom is -0.504 e. The van der Waals surface area contributed by atoms with Crippen LogP contribution in [0.25, 0.3) is 11.1 Å². The molecular formula is C14H11FO5. The van der Waals surface area contributed by atoms with Gasteiger partial charge in [-0.05, 0) is 5.56 Å². The van der Waals surface area contributed by atoms with Crippen LogP contribution in [0.4, 0.5) is 4.39 Å². The number of halogens is 1. The summed E-state index contributed by atoms with van der Waals surface area (Å²) < 4.78 is 13.0. The van der Waals surface area contributed by atoms with E-state index >= 15 is 0 Å². The molecule has 0 spiro atoms. The first kappa shape index (κ1) is 13.7. The molecule has 0 radical (unpaired) electrons. The van der Waals surface area contributed by atoms with E-state index in [-0.39, 0.29) is 11.1 Å². The number of carboxylic acid groups (broad SMARTS) is 1. The number of phenols is 3. The van der Waals surface area contributed by atoms with E-state index in [2.05, 4.69) is 0 Å². The van der Waals surface area contributed by atoms with Gasteiger partial charge in [-0.2, -0.15) is 0 Å². The molecule has 0 aromatic heterocycles. The van der Waals surface area contributed by atoms with E-state index in [0.29, 0.717) is 0 Å². The molecule has 5 nitrogen and oxygen atoms in total. The first-order chi connectivity index (χ1) is 9.49. The number of hydrogen-bond acceptors (Lipinski definition) is 4. The summed E-state index contributed by atoms with van der Waals surface area (Å²) in [5, 5.41) is 38.3. The molecule has 4 N–H and O–H groups in total. The number of aromatic hydroxyl groups is 3. The third-order valence-electron chi connectivity index (χ3n) is 2.93. The molecule has 2 aromatic carbocycles. The Morgan fingerprint density at radius 3 is 2.10 bits per heavy atom. The molecule has 0 aliphatic carbocycles. The highest BCUT2D eigenvalue weighted by atomic mass is 19.1. The maximum absolute atomic E-state index is 13.0. The second-order valence-corrected chi connectivity index (χ2v) is 4.08. The average Bonchev–Trinajstić information content (AvgIpc) is 2.45. The van der Waals surface area contributed by atoms with Gasteiger partial charge in [0.15, 0.2) is 11.5 Å². The fraction of sp³-hybridized carbons (Fsp3) is 0.0714. The molecule has 104 valence electrons. The summed E-state index contributed by atoms with van der Waals surface area (Å²) in [6, 6.07) is 7.87. The van der Waals surface area contributed by atoms with Gasteiger partial charge in [0.25, 0.3) is 0 Å². The molecule has 0 aliphatic heterocycles. The molecule has 0 unspecified atom stereocenters. The SMILES string of the molecule is O=C(O)c1c(CF)c(O)c(O)c(O)c1-c1ccccc1. The van der Waals surface area contributed by atoms with E-state index in [1.165, 1.54) is 12.1 Å². The maximum Gasteiger partial charge on any atom is 0.336 e. The van der Waals surface area contributed by atoms with Crippen LogP contribution in [0.3, 0.4) is 0 Å². The molecule has 0 saturated heterocycles. The molecule has 0 amide bonds. The summed E-state index contributed by atoms with van der Waals surface area (Å²) in [4.78, 5) is 11.3. The van der Waals surface area contributed by atoms with Crippen LogP contribution in [0.2, 0.25) is 0 Å². The van der Waals surface area contributed by atoms with Gasteiger partial charge in [-0.15, -0.1) is 0 Å². The zero-order valence-corrected chi connectivity index (χ0v) is 10.2. The van der Waals surface area contributed by atoms with Gasteiger partial charge in [-0.3, -0.25) is 0 Å². The highest BCUT2D eigenvalue weighted by Gasteiger charge is 2.28. The van der Waals surface area contributed by atoms with Gasteiger partial charge in [-0.25, -0.2) is 9.18 Å². The summed E-state index contributed by atoms with van der Waals surface area (Å²) in [7, 11) is 0. The molecule has 2 aromatic rings. The number of aromatic carboxylic acids is 1. The van der Waals surface area contributed by atoms with Crippen molar-refractivity contribution in [1.82, 2.24) is 0 Å². The van der Waals surface area contributed by atoms with E-state index in [4.69, 9.17) is 0 Å². The predicted molar refractivity (Wildman–Crippen MR) is 68.6 cm³/mol. The van der Waals surface area contributed by atoms with Crippen molar-refractivity contribution < 1.29 is 29.6 Å². The van der Waals surface area contributed by atoms with Crippen LogP contribution in [0.1, 0.15) is 15.9 Å². The van der Waals surface area contributed by atoms with Crippen molar-refractivity contribution >= 4 is 5.97 Å². The zero-order valence-electron chi connectivity index (χ0n) is 10.2. The number of rotatable bonds is 3. The largest absolute Gasteiger partial charge is 0.504 e. The minimum absolute atomic E-state index is 0.235. The smallest absolute Gasteiger partial charge is 0.336 e. The van der Waals surface area contributed by atoms with Crippen LogP contribution in [0, 0.1) is 0 Å². The Labute approximate surface area is 113 Å². The molecule has 0 saturated carbocycles. The first-order valence-corrected chi connectivity index (χ1v) is 5.63. The van der Waals surface area contributed by atoms with Crippen molar-refractivity contribution in [2.75, 3.05) is 0 Å². The molecule has 0 aliphatic rings. The number of hydrogen-bond donors (Lipinski definition) is 4. The van der Waals surface area contributed by atoms with E-state index < -0.39 is 41.0 Å². The molecule has 20 heavy (non-hydrogen) atoms. The first-order valence-electron chi connectivity index (χ1n) is 5.63. The summed E-state index contributed by atoms with van der Waals surface area (Å²) >= 11 is 0. The molecule has 0 fully saturated rings. The highest BCUT2D eigenvalue weighted by molar-refractivity contribution is 6.01. The number of carboxylic acids is 1. The van der Waals surface area contributed by atoms with Gasteiger partial charge < -0.3 is 20.4 Å². The Hall–Kier alpha value is -2.76. The van der Waals surface area contributed by atoms with Crippen LogP contribution in [-0.2, 0) is 6.67 Å². The molecule has 2 rings (SSSR count). The number of phenolic OH excluding ortho intramolecular Hbond substituents is 3. The Bertz CT molecular complexity index is 667. The Balaban J connectivity index is 2.92. The summed E-state index contributed by atoms with van der Waals surface area (Å²) in [6.07, 6.45) is 0. The van der Waals surface area contributed by atoms with Crippen LogP contribution in [0.5, 0.6) is 17.2 Å². The second-order valence-electron chi connectivity index (χ2n) is 4.08. The number of benzene rings is 2. The van der Waals surface area contributed by atoms with Gasteiger partial charge in [0, 0.05) is 11.1 Å². The number of alkyl halides is 1. The van der Waals surface area contributed by atoms with Crippen molar-refractivity contribution in [1.29, 1.82) is 0 Å². The highest BCUT2D eigenvalue weighted by Crippen LogP contribution is 2.48. The Morgan fingerprint density at radius 2 is 1.60 bits per heavy atom. The standard InChI is InChI=1S/C14H11FO5/c15-6-8-10(14(19)20)9(7-4-2-1-3-5-7)12(17)13(18)11(8)16/h1-5,16-18H,6H2,(H,19,20). The summed E-state index contributed by atoms with van der Waals surface area (Å²) in [5.41, 5.74) is -1.10. The molecule has 0 bridgehead atoms. The number of carbonyl (C=O) groups is 1. The quantitative estimate of drug-likeness (QED) is 0.647. The van der Waals surface area contributed by atoms with Crippen molar-refractivity contribution in [3.8, 4) is 28.4 Å².